The minimum atomic E-state index is -1.03. The number of carbonyl (C=O) groups is 2. The summed E-state index contributed by atoms with van der Waals surface area (Å²) in [5.41, 5.74) is 2.91. The van der Waals surface area contributed by atoms with Crippen LogP contribution in [-0.4, -0.2) is 39.1 Å². The smallest absolute Gasteiger partial charge is 0.335 e. The Morgan fingerprint density at radius 2 is 1.70 bits per heavy atom. The highest BCUT2D eigenvalue weighted by atomic mass is 79.9. The molecule has 1 fully saturated rings. The Balaban J connectivity index is 1.45. The van der Waals surface area contributed by atoms with Gasteiger partial charge in [0.25, 0.3) is 11.6 Å². The number of non-ortho nitro benzene ring substituents is 1. The van der Waals surface area contributed by atoms with Crippen molar-refractivity contribution in [2.45, 2.75) is 13.2 Å². The fourth-order valence-electron chi connectivity index (χ4n) is 4.21. The van der Waals surface area contributed by atoms with Gasteiger partial charge in [-0.3, -0.25) is 19.8 Å². The Labute approximate surface area is 264 Å². The van der Waals surface area contributed by atoms with Crippen LogP contribution in [-0.2, 0) is 17.9 Å². The van der Waals surface area contributed by atoms with Crippen LogP contribution < -0.4 is 9.47 Å². The number of benzene rings is 4. The lowest BCUT2D eigenvalue weighted by molar-refractivity contribution is -0.384. The zero-order chi connectivity index (χ0) is 31.2. The molecular formula is C32H24BrN3O7S. The summed E-state index contributed by atoms with van der Waals surface area (Å²) in [6, 6.07) is 25.0. The second-order valence-corrected chi connectivity index (χ2v) is 11.4. The summed E-state index contributed by atoms with van der Waals surface area (Å²) in [7, 11) is 1.58. The molecule has 1 heterocycles. The van der Waals surface area contributed by atoms with Gasteiger partial charge in [0.1, 0.15) is 18.1 Å². The topological polar surface area (TPSA) is 132 Å². The van der Waals surface area contributed by atoms with Gasteiger partial charge in [0.15, 0.2) is 5.17 Å². The molecule has 4 aromatic rings. The van der Waals surface area contributed by atoms with Crippen LogP contribution in [0.2, 0.25) is 0 Å². The van der Waals surface area contributed by atoms with Crippen LogP contribution in [0, 0.1) is 10.1 Å². The Bertz CT molecular complexity index is 1770. The molecule has 0 aromatic heterocycles. The van der Waals surface area contributed by atoms with Crippen LogP contribution in [0.25, 0.3) is 6.08 Å². The summed E-state index contributed by atoms with van der Waals surface area (Å²) in [6.07, 6.45) is 1.74. The van der Waals surface area contributed by atoms with Gasteiger partial charge in [-0.2, -0.15) is 0 Å². The third-order valence-electron chi connectivity index (χ3n) is 6.53. The van der Waals surface area contributed by atoms with Crippen LogP contribution in [0.4, 0.5) is 11.4 Å². The third kappa shape index (κ3) is 7.33. The highest BCUT2D eigenvalue weighted by Crippen LogP contribution is 2.37. The molecule has 0 saturated carbocycles. The summed E-state index contributed by atoms with van der Waals surface area (Å²) in [5, 5.41) is 20.7. The fraction of sp³-hybridized carbons (Fsp3) is 0.0938. The predicted molar refractivity (Wildman–Crippen MR) is 171 cm³/mol. The number of hydrogen-bond donors (Lipinski definition) is 1. The average Bonchev–Trinajstić information content (AvgIpc) is 3.30. The molecule has 0 aliphatic carbocycles. The summed E-state index contributed by atoms with van der Waals surface area (Å²) in [4.78, 5) is 42.3. The first-order chi connectivity index (χ1) is 21.2. The lowest BCUT2D eigenvalue weighted by Crippen LogP contribution is -2.28. The number of halogens is 1. The molecule has 0 atom stereocenters. The number of nitro groups is 1. The van der Waals surface area contributed by atoms with E-state index in [9.17, 15) is 24.8 Å². The van der Waals surface area contributed by atoms with Crippen molar-refractivity contribution in [3.63, 3.8) is 0 Å². The maximum Gasteiger partial charge on any atom is 0.335 e. The molecule has 222 valence electrons. The van der Waals surface area contributed by atoms with Crippen LogP contribution in [0.1, 0.15) is 27.0 Å². The van der Waals surface area contributed by atoms with Crippen molar-refractivity contribution >= 4 is 62.2 Å². The number of amidine groups is 1. The standard InChI is InChI=1S/C32H24BrN3O7S/c1-42-27-13-9-25(10-14-27)34-32-35(18-20-2-6-22(7-3-20)31(38)39)30(37)29(44-32)17-23-16-24(33)8-15-28(23)43-19-21-4-11-26(12-5-21)36(40)41/h2-17H,18-19H2,1H3,(H,38,39)/b29-17-,34-32?. The number of rotatable bonds is 10. The summed E-state index contributed by atoms with van der Waals surface area (Å²) < 4.78 is 12.1. The number of amides is 1. The molecule has 1 N–H and O–H groups in total. The summed E-state index contributed by atoms with van der Waals surface area (Å²) >= 11 is 4.71. The first kappa shape index (κ1) is 30.5. The van der Waals surface area contributed by atoms with E-state index in [0.29, 0.717) is 32.8 Å². The van der Waals surface area contributed by atoms with Crippen molar-refractivity contribution in [3.05, 3.63) is 133 Å². The van der Waals surface area contributed by atoms with Gasteiger partial charge < -0.3 is 14.6 Å². The number of thioether (sulfide) groups is 1. The zero-order valence-electron chi connectivity index (χ0n) is 23.2. The second kappa shape index (κ2) is 13.6. The molecule has 0 radical (unpaired) electrons. The normalized spacial score (nSPS) is 14.7. The number of carbonyl (C=O) groups excluding carboxylic acids is 1. The number of methoxy groups -OCH3 is 1. The quantitative estimate of drug-likeness (QED) is 0.104. The number of carboxylic acids is 1. The number of ether oxygens (including phenoxy) is 2. The Hall–Kier alpha value is -4.94. The maximum absolute atomic E-state index is 13.8. The highest BCUT2D eigenvalue weighted by molar-refractivity contribution is 9.10. The molecule has 1 aliphatic rings. The molecular weight excluding hydrogens is 650 g/mol. The maximum atomic E-state index is 13.8. The molecule has 1 amide bonds. The molecule has 12 heteroatoms. The predicted octanol–water partition coefficient (Wildman–Crippen LogP) is 7.45. The Morgan fingerprint density at radius 1 is 1.02 bits per heavy atom. The highest BCUT2D eigenvalue weighted by Gasteiger charge is 2.34. The van der Waals surface area contributed by atoms with Crippen molar-refractivity contribution in [2.75, 3.05) is 7.11 Å². The van der Waals surface area contributed by atoms with Gasteiger partial charge >= 0.3 is 5.97 Å². The van der Waals surface area contributed by atoms with E-state index in [-0.39, 0.29) is 30.3 Å². The van der Waals surface area contributed by atoms with Gasteiger partial charge in [0, 0.05) is 22.2 Å². The molecule has 1 saturated heterocycles. The van der Waals surface area contributed by atoms with Crippen LogP contribution in [0.3, 0.4) is 0 Å². The van der Waals surface area contributed by atoms with Crippen LogP contribution in [0.5, 0.6) is 11.5 Å². The van der Waals surface area contributed by atoms with Gasteiger partial charge in [-0.05, 0) is 95.7 Å². The fourth-order valence-corrected chi connectivity index (χ4v) is 5.58. The summed E-state index contributed by atoms with van der Waals surface area (Å²) in [5.74, 6) is -0.109. The molecule has 44 heavy (non-hydrogen) atoms. The van der Waals surface area contributed by atoms with E-state index < -0.39 is 10.9 Å². The SMILES string of the molecule is COc1ccc(N=C2S/C(=C\c3cc(Br)ccc3OCc3ccc([N+](=O)[O-])cc3)C(=O)N2Cc2ccc(C(=O)O)cc2)cc1. The first-order valence-corrected chi connectivity index (χ1v) is 14.7. The number of hydrogen-bond acceptors (Lipinski definition) is 8. The monoisotopic (exact) mass is 673 g/mol. The largest absolute Gasteiger partial charge is 0.497 e. The van der Waals surface area contributed by atoms with E-state index in [4.69, 9.17) is 14.5 Å². The van der Waals surface area contributed by atoms with Gasteiger partial charge in [-0.25, -0.2) is 9.79 Å². The Kier molecular flexibility index (Phi) is 9.41. The second-order valence-electron chi connectivity index (χ2n) is 9.49. The molecule has 0 bridgehead atoms. The number of nitro benzene ring substituents is 1. The minimum absolute atomic E-state index is 0.00549. The zero-order valence-corrected chi connectivity index (χ0v) is 25.6. The molecule has 4 aromatic carbocycles. The van der Waals surface area contributed by atoms with Crippen LogP contribution in [0.15, 0.2) is 105 Å². The van der Waals surface area contributed by atoms with E-state index in [1.54, 1.807) is 72.7 Å². The number of nitrogens with zero attached hydrogens (tertiary/aromatic N) is 3. The Morgan fingerprint density at radius 3 is 2.34 bits per heavy atom. The van der Waals surface area contributed by atoms with Gasteiger partial charge in [0.05, 0.1) is 34.7 Å². The van der Waals surface area contributed by atoms with Crippen molar-refractivity contribution in [1.82, 2.24) is 4.90 Å². The van der Waals surface area contributed by atoms with Crippen molar-refractivity contribution in [2.24, 2.45) is 4.99 Å². The summed E-state index contributed by atoms with van der Waals surface area (Å²) in [6.45, 7) is 0.347. The number of aliphatic imine (C=N–C) groups is 1. The van der Waals surface area contributed by atoms with Crippen LogP contribution >= 0.6 is 27.7 Å². The first-order valence-electron chi connectivity index (χ1n) is 13.1. The average molecular weight is 675 g/mol. The molecule has 0 spiro atoms. The van der Waals surface area contributed by atoms with Gasteiger partial charge in [-0.1, -0.05) is 28.1 Å². The molecule has 5 rings (SSSR count). The molecule has 1 aliphatic heterocycles. The van der Waals surface area contributed by atoms with Crippen molar-refractivity contribution in [3.8, 4) is 11.5 Å². The van der Waals surface area contributed by atoms with E-state index in [0.717, 1.165) is 15.6 Å². The molecule has 0 unspecified atom stereocenters. The van der Waals surface area contributed by atoms with E-state index >= 15 is 0 Å². The van der Waals surface area contributed by atoms with Gasteiger partial charge in [-0.15, -0.1) is 0 Å². The lowest BCUT2D eigenvalue weighted by atomic mass is 10.1. The lowest BCUT2D eigenvalue weighted by Gasteiger charge is -2.16. The van der Waals surface area contributed by atoms with E-state index in [1.807, 2.05) is 12.1 Å². The third-order valence-corrected chi connectivity index (χ3v) is 8.03. The van der Waals surface area contributed by atoms with Crippen molar-refractivity contribution in [1.29, 1.82) is 0 Å². The van der Waals surface area contributed by atoms with E-state index in [1.165, 1.54) is 36.0 Å². The number of carboxylic acid groups (broad SMARTS) is 1. The minimum Gasteiger partial charge on any atom is -0.497 e. The molecule has 10 nitrogen and oxygen atoms in total. The van der Waals surface area contributed by atoms with Crippen molar-refractivity contribution < 1.29 is 29.1 Å². The van der Waals surface area contributed by atoms with E-state index in [2.05, 4.69) is 15.9 Å². The number of aromatic carboxylic acids is 1. The van der Waals surface area contributed by atoms with Gasteiger partial charge in [0.2, 0.25) is 0 Å².